The van der Waals surface area contributed by atoms with E-state index in [9.17, 15) is 22.4 Å². The lowest BCUT2D eigenvalue weighted by Crippen LogP contribution is -2.25. The first-order chi connectivity index (χ1) is 24.1. The number of hydrogen-bond acceptors (Lipinski definition) is 6. The molecule has 0 amide bonds. The Morgan fingerprint density at radius 2 is 1.43 bits per heavy atom. The number of nitrogens with zero attached hydrogens (tertiary/aromatic N) is 6. The molecule has 1 aliphatic rings. The standard InChI is InChI=1S/C38H40F4N6OS.CH4/c1-3-46(4-2)22-6-9-34-44-45-35(48(34)23-26-10-14-28(15-11-26)29-16-18-30(19-17-29)38(40,41)42)24-47-33-8-5-7-32(33)36(49)43-37(47)50-25-27-12-20-31(39)21-13-27;/h10-21H,3-9,22-25H2,1-2H3;1H4. The summed E-state index contributed by atoms with van der Waals surface area (Å²) in [5.41, 5.74) is 4.32. The van der Waals surface area contributed by atoms with E-state index in [4.69, 9.17) is 0 Å². The van der Waals surface area contributed by atoms with Gasteiger partial charge in [-0.3, -0.25) is 4.79 Å². The van der Waals surface area contributed by atoms with Gasteiger partial charge in [-0.25, -0.2) is 4.39 Å². The van der Waals surface area contributed by atoms with Gasteiger partial charge in [0.15, 0.2) is 11.0 Å². The summed E-state index contributed by atoms with van der Waals surface area (Å²) in [5, 5.41) is 9.94. The van der Waals surface area contributed by atoms with Crippen molar-refractivity contribution in [3.8, 4) is 11.1 Å². The van der Waals surface area contributed by atoms with E-state index in [0.717, 1.165) is 97.0 Å². The van der Waals surface area contributed by atoms with Crippen molar-refractivity contribution in [3.63, 3.8) is 0 Å². The Hall–Kier alpha value is -4.29. The number of fused-ring (bicyclic) bond motifs is 1. The Balaban J connectivity index is 0.00000504. The SMILES string of the molecule is C.CCN(CC)CCCc1nnc(Cn2c(SCc3ccc(F)cc3)nc(=O)c3c2CCC3)n1Cc1ccc(-c2ccc(C(F)(F)F)cc2)cc1. The fraction of sp³-hybridized carbons (Fsp3) is 0.385. The lowest BCUT2D eigenvalue weighted by atomic mass is 10.0. The van der Waals surface area contributed by atoms with Crippen LogP contribution < -0.4 is 5.56 Å². The van der Waals surface area contributed by atoms with Gasteiger partial charge < -0.3 is 14.0 Å². The van der Waals surface area contributed by atoms with Crippen LogP contribution in [-0.4, -0.2) is 48.8 Å². The molecule has 2 aromatic heterocycles. The molecule has 0 bridgehead atoms. The van der Waals surface area contributed by atoms with Gasteiger partial charge in [-0.15, -0.1) is 10.2 Å². The highest BCUT2D eigenvalue weighted by molar-refractivity contribution is 7.98. The van der Waals surface area contributed by atoms with Crippen LogP contribution in [0, 0.1) is 5.82 Å². The smallest absolute Gasteiger partial charge is 0.316 e. The van der Waals surface area contributed by atoms with Crippen molar-refractivity contribution < 1.29 is 17.6 Å². The highest BCUT2D eigenvalue weighted by Crippen LogP contribution is 2.31. The van der Waals surface area contributed by atoms with E-state index in [1.165, 1.54) is 36.0 Å². The molecule has 270 valence electrons. The Kier molecular flexibility index (Phi) is 12.5. The van der Waals surface area contributed by atoms with Gasteiger partial charge in [0, 0.05) is 23.4 Å². The minimum absolute atomic E-state index is 0. The molecule has 5 aromatic rings. The molecule has 12 heteroatoms. The molecule has 0 saturated carbocycles. The van der Waals surface area contributed by atoms with Crippen molar-refractivity contribution in [1.82, 2.24) is 29.2 Å². The zero-order valence-electron chi connectivity index (χ0n) is 28.2. The summed E-state index contributed by atoms with van der Waals surface area (Å²) in [4.78, 5) is 19.9. The van der Waals surface area contributed by atoms with Crippen LogP contribution in [0.3, 0.4) is 0 Å². The van der Waals surface area contributed by atoms with Crippen LogP contribution in [0.5, 0.6) is 0 Å². The van der Waals surface area contributed by atoms with Crippen LogP contribution >= 0.6 is 11.8 Å². The van der Waals surface area contributed by atoms with Gasteiger partial charge in [0.25, 0.3) is 5.56 Å². The van der Waals surface area contributed by atoms with Crippen LogP contribution in [0.2, 0.25) is 0 Å². The zero-order valence-corrected chi connectivity index (χ0v) is 29.0. The zero-order chi connectivity index (χ0) is 35.3. The van der Waals surface area contributed by atoms with E-state index >= 15 is 0 Å². The number of rotatable bonds is 14. The molecular formula is C39H44F4N6OS. The molecule has 0 radical (unpaired) electrons. The first-order valence-electron chi connectivity index (χ1n) is 17.0. The highest BCUT2D eigenvalue weighted by atomic mass is 32.2. The lowest BCUT2D eigenvalue weighted by Gasteiger charge is -2.19. The molecular weight excluding hydrogens is 677 g/mol. The summed E-state index contributed by atoms with van der Waals surface area (Å²) in [5.74, 6) is 1.84. The predicted molar refractivity (Wildman–Crippen MR) is 194 cm³/mol. The molecule has 6 rings (SSSR count). The Labute approximate surface area is 300 Å². The molecule has 7 nitrogen and oxygen atoms in total. The molecule has 0 spiro atoms. The van der Waals surface area contributed by atoms with E-state index in [1.54, 1.807) is 12.1 Å². The average Bonchev–Trinajstić information content (AvgIpc) is 3.76. The van der Waals surface area contributed by atoms with E-state index < -0.39 is 11.7 Å². The second kappa shape index (κ2) is 16.8. The van der Waals surface area contributed by atoms with Gasteiger partial charge in [-0.1, -0.05) is 81.6 Å². The van der Waals surface area contributed by atoms with Crippen LogP contribution in [0.1, 0.15) is 73.7 Å². The van der Waals surface area contributed by atoms with Gasteiger partial charge in [0.1, 0.15) is 11.6 Å². The summed E-state index contributed by atoms with van der Waals surface area (Å²) in [6.07, 6.45) is -0.380. The van der Waals surface area contributed by atoms with E-state index in [1.807, 2.05) is 24.3 Å². The van der Waals surface area contributed by atoms with Crippen molar-refractivity contribution in [2.45, 2.75) is 83.6 Å². The van der Waals surface area contributed by atoms with Crippen LogP contribution in [-0.2, 0) is 44.3 Å². The monoisotopic (exact) mass is 720 g/mol. The minimum Gasteiger partial charge on any atom is -0.316 e. The molecule has 1 aliphatic carbocycles. The molecule has 0 aliphatic heterocycles. The third-order valence-electron chi connectivity index (χ3n) is 9.29. The Bertz CT molecular complexity index is 1950. The van der Waals surface area contributed by atoms with Crippen LogP contribution in [0.15, 0.2) is 82.7 Å². The van der Waals surface area contributed by atoms with Crippen molar-refractivity contribution in [2.24, 2.45) is 0 Å². The summed E-state index contributed by atoms with van der Waals surface area (Å²) in [6.45, 7) is 8.09. The second-order valence-corrected chi connectivity index (χ2v) is 13.4. The van der Waals surface area contributed by atoms with Gasteiger partial charge >= 0.3 is 6.18 Å². The fourth-order valence-corrected chi connectivity index (χ4v) is 7.39. The highest BCUT2D eigenvalue weighted by Gasteiger charge is 2.30. The summed E-state index contributed by atoms with van der Waals surface area (Å²) < 4.78 is 57.1. The van der Waals surface area contributed by atoms with Gasteiger partial charge in [0.05, 0.1) is 18.7 Å². The average molecular weight is 721 g/mol. The maximum atomic E-state index is 13.5. The number of aryl methyl sites for hydroxylation is 1. The van der Waals surface area contributed by atoms with Crippen LogP contribution in [0.25, 0.3) is 11.1 Å². The maximum Gasteiger partial charge on any atom is 0.416 e. The first-order valence-corrected chi connectivity index (χ1v) is 18.0. The van der Waals surface area contributed by atoms with E-state index in [-0.39, 0.29) is 18.8 Å². The number of halogens is 4. The molecule has 0 N–H and O–H groups in total. The Morgan fingerprint density at radius 3 is 2.08 bits per heavy atom. The molecule has 2 heterocycles. The number of hydrogen-bond donors (Lipinski definition) is 0. The van der Waals surface area contributed by atoms with Crippen molar-refractivity contribution in [1.29, 1.82) is 0 Å². The topological polar surface area (TPSA) is 68.8 Å². The van der Waals surface area contributed by atoms with Crippen LogP contribution in [0.4, 0.5) is 17.6 Å². The summed E-state index contributed by atoms with van der Waals surface area (Å²) in [6, 6.07) is 19.3. The molecule has 51 heavy (non-hydrogen) atoms. The first kappa shape index (κ1) is 38.0. The number of aromatic nitrogens is 5. The van der Waals surface area contributed by atoms with Crippen molar-refractivity contribution in [2.75, 3.05) is 19.6 Å². The van der Waals surface area contributed by atoms with Crippen molar-refractivity contribution >= 4 is 11.8 Å². The predicted octanol–water partition coefficient (Wildman–Crippen LogP) is 8.45. The maximum absolute atomic E-state index is 13.5. The number of thioether (sulfide) groups is 1. The molecule has 0 atom stereocenters. The second-order valence-electron chi connectivity index (χ2n) is 12.5. The number of benzene rings is 3. The Morgan fingerprint density at radius 1 is 0.804 bits per heavy atom. The van der Waals surface area contributed by atoms with Gasteiger partial charge in [0.2, 0.25) is 0 Å². The van der Waals surface area contributed by atoms with E-state index in [0.29, 0.717) is 36.0 Å². The fourth-order valence-electron chi connectivity index (χ4n) is 6.42. The number of alkyl halides is 3. The van der Waals surface area contributed by atoms with Gasteiger partial charge in [-0.2, -0.15) is 18.2 Å². The minimum atomic E-state index is -4.38. The third kappa shape index (κ3) is 9.15. The normalized spacial score (nSPS) is 12.7. The van der Waals surface area contributed by atoms with E-state index in [2.05, 4.69) is 43.1 Å². The summed E-state index contributed by atoms with van der Waals surface area (Å²) >= 11 is 1.45. The molecule has 0 saturated heterocycles. The lowest BCUT2D eigenvalue weighted by molar-refractivity contribution is -0.137. The van der Waals surface area contributed by atoms with Crippen molar-refractivity contribution in [3.05, 3.63) is 129 Å². The molecule has 0 fully saturated rings. The summed E-state index contributed by atoms with van der Waals surface area (Å²) in [7, 11) is 0. The van der Waals surface area contributed by atoms with Gasteiger partial charge in [-0.05, 0) is 91.8 Å². The largest absolute Gasteiger partial charge is 0.416 e. The quantitative estimate of drug-likeness (QED) is 0.0652. The molecule has 0 unspecified atom stereocenters. The third-order valence-corrected chi connectivity index (χ3v) is 10.3. The molecule has 3 aromatic carbocycles.